The molecule has 18 heavy (non-hydrogen) atoms. The number of hydrogen-bond donors (Lipinski definition) is 1. The first-order valence-corrected chi connectivity index (χ1v) is 6.18. The van der Waals surface area contributed by atoms with Gasteiger partial charge in [-0.05, 0) is 18.4 Å². The van der Waals surface area contributed by atoms with Crippen molar-refractivity contribution in [2.75, 3.05) is 0 Å². The van der Waals surface area contributed by atoms with E-state index in [1.807, 2.05) is 0 Å². The Kier molecular flexibility index (Phi) is 3.64. The van der Waals surface area contributed by atoms with Crippen molar-refractivity contribution >= 4 is 5.97 Å². The van der Waals surface area contributed by atoms with Crippen molar-refractivity contribution in [1.82, 2.24) is 0 Å². The van der Waals surface area contributed by atoms with Gasteiger partial charge in [0.15, 0.2) is 0 Å². The number of rotatable bonds is 3. The molecule has 4 heteroatoms. The molecule has 1 aromatic rings. The second-order valence-corrected chi connectivity index (χ2v) is 4.87. The minimum absolute atomic E-state index is 0.0601. The number of alkyl halides is 2. The predicted molar refractivity (Wildman–Crippen MR) is 63.8 cm³/mol. The smallest absolute Gasteiger partial charge is 0.314 e. The van der Waals surface area contributed by atoms with Gasteiger partial charge in [0, 0.05) is 5.56 Å². The van der Waals surface area contributed by atoms with Gasteiger partial charge in [-0.3, -0.25) is 4.79 Å². The summed E-state index contributed by atoms with van der Waals surface area (Å²) >= 11 is 0. The van der Waals surface area contributed by atoms with Gasteiger partial charge in [0.1, 0.15) is 0 Å². The fraction of sp³-hybridized carbons (Fsp3) is 0.500. The summed E-state index contributed by atoms with van der Waals surface area (Å²) < 4.78 is 25.0. The van der Waals surface area contributed by atoms with Gasteiger partial charge in [0.25, 0.3) is 6.43 Å². The van der Waals surface area contributed by atoms with Crippen LogP contribution in [0.2, 0.25) is 0 Å². The molecule has 0 aromatic heterocycles. The van der Waals surface area contributed by atoms with E-state index in [1.54, 1.807) is 12.1 Å². The van der Waals surface area contributed by atoms with Crippen LogP contribution in [-0.4, -0.2) is 11.1 Å². The zero-order valence-electron chi connectivity index (χ0n) is 10.0. The van der Waals surface area contributed by atoms with Crippen molar-refractivity contribution < 1.29 is 18.7 Å². The van der Waals surface area contributed by atoms with Crippen molar-refractivity contribution in [2.45, 2.75) is 43.9 Å². The summed E-state index contributed by atoms with van der Waals surface area (Å²) in [4.78, 5) is 11.5. The first kappa shape index (κ1) is 13.0. The van der Waals surface area contributed by atoms with Gasteiger partial charge in [-0.2, -0.15) is 0 Å². The lowest BCUT2D eigenvalue weighted by molar-refractivity contribution is -0.145. The quantitative estimate of drug-likeness (QED) is 0.887. The fourth-order valence-electron chi connectivity index (χ4n) is 2.73. The highest BCUT2D eigenvalue weighted by molar-refractivity contribution is 5.81. The number of halogens is 2. The van der Waals surface area contributed by atoms with Crippen LogP contribution >= 0.6 is 0 Å². The predicted octanol–water partition coefficient (Wildman–Crippen LogP) is 3.91. The van der Waals surface area contributed by atoms with Gasteiger partial charge < -0.3 is 5.11 Å². The molecule has 1 N–H and O–H groups in total. The highest BCUT2D eigenvalue weighted by Gasteiger charge is 2.41. The van der Waals surface area contributed by atoms with Crippen LogP contribution in [0.25, 0.3) is 0 Å². The summed E-state index contributed by atoms with van der Waals surface area (Å²) in [6.45, 7) is 0. The molecule has 0 atom stereocenters. The van der Waals surface area contributed by atoms with Crippen LogP contribution in [0.4, 0.5) is 8.78 Å². The van der Waals surface area contributed by atoms with Crippen LogP contribution < -0.4 is 0 Å². The van der Waals surface area contributed by atoms with Crippen LogP contribution in [0, 0.1) is 0 Å². The Balaban J connectivity index is 2.34. The molecule has 2 rings (SSSR count). The first-order chi connectivity index (χ1) is 8.56. The van der Waals surface area contributed by atoms with Gasteiger partial charge >= 0.3 is 5.97 Å². The van der Waals surface area contributed by atoms with Crippen LogP contribution in [0.3, 0.4) is 0 Å². The molecule has 2 nitrogen and oxygen atoms in total. The first-order valence-electron chi connectivity index (χ1n) is 6.18. The van der Waals surface area contributed by atoms with E-state index in [0.717, 1.165) is 19.3 Å². The molecule has 0 spiro atoms. The summed E-state index contributed by atoms with van der Waals surface area (Å²) in [5.74, 6) is -0.841. The molecule has 1 aromatic carbocycles. The molecule has 0 radical (unpaired) electrons. The van der Waals surface area contributed by atoms with Gasteiger partial charge in [-0.15, -0.1) is 0 Å². The van der Waals surface area contributed by atoms with E-state index >= 15 is 0 Å². The van der Waals surface area contributed by atoms with Crippen LogP contribution in [0.15, 0.2) is 24.3 Å². The van der Waals surface area contributed by atoms with Gasteiger partial charge in [0.05, 0.1) is 5.41 Å². The Hall–Kier alpha value is -1.45. The third-order valence-electron chi connectivity index (χ3n) is 3.83. The number of hydrogen-bond acceptors (Lipinski definition) is 1. The van der Waals surface area contributed by atoms with E-state index in [2.05, 4.69) is 0 Å². The van der Waals surface area contributed by atoms with Crippen LogP contribution in [0.5, 0.6) is 0 Å². The molecular formula is C14H16F2O2. The molecule has 0 aliphatic heterocycles. The highest BCUT2D eigenvalue weighted by atomic mass is 19.3. The molecule has 0 amide bonds. The fourth-order valence-corrected chi connectivity index (χ4v) is 2.73. The Morgan fingerprint density at radius 1 is 1.11 bits per heavy atom. The van der Waals surface area contributed by atoms with E-state index in [4.69, 9.17) is 0 Å². The summed E-state index contributed by atoms with van der Waals surface area (Å²) in [6.07, 6.45) is 1.48. The minimum atomic E-state index is -2.51. The summed E-state index contributed by atoms with van der Waals surface area (Å²) in [5.41, 5.74) is -0.284. The van der Waals surface area contributed by atoms with Crippen LogP contribution in [-0.2, 0) is 10.2 Å². The van der Waals surface area contributed by atoms with Crippen LogP contribution in [0.1, 0.15) is 49.7 Å². The van der Waals surface area contributed by atoms with Crippen molar-refractivity contribution in [3.63, 3.8) is 0 Å². The zero-order valence-corrected chi connectivity index (χ0v) is 10.0. The second-order valence-electron chi connectivity index (χ2n) is 4.87. The maximum absolute atomic E-state index is 12.5. The lowest BCUT2D eigenvalue weighted by atomic mass is 9.69. The molecule has 0 saturated heterocycles. The van der Waals surface area contributed by atoms with Crippen molar-refractivity contribution in [3.05, 3.63) is 35.4 Å². The maximum atomic E-state index is 12.5. The second kappa shape index (κ2) is 5.04. The Bertz CT molecular complexity index is 420. The Morgan fingerprint density at radius 2 is 1.67 bits per heavy atom. The Morgan fingerprint density at radius 3 is 2.11 bits per heavy atom. The summed E-state index contributed by atoms with van der Waals surface area (Å²) in [6, 6.07) is 5.75. The van der Waals surface area contributed by atoms with E-state index in [1.165, 1.54) is 12.1 Å². The summed E-state index contributed by atoms with van der Waals surface area (Å²) in [5, 5.41) is 9.47. The molecule has 1 saturated carbocycles. The lowest BCUT2D eigenvalue weighted by Gasteiger charge is -2.33. The van der Waals surface area contributed by atoms with E-state index in [9.17, 15) is 18.7 Å². The van der Waals surface area contributed by atoms with Gasteiger partial charge in [-0.1, -0.05) is 43.5 Å². The highest BCUT2D eigenvalue weighted by Crippen LogP contribution is 2.40. The topological polar surface area (TPSA) is 37.3 Å². The molecule has 98 valence electrons. The monoisotopic (exact) mass is 254 g/mol. The molecule has 0 unspecified atom stereocenters. The third-order valence-corrected chi connectivity index (χ3v) is 3.83. The van der Waals surface area contributed by atoms with Crippen molar-refractivity contribution in [2.24, 2.45) is 0 Å². The van der Waals surface area contributed by atoms with Gasteiger partial charge in [0.2, 0.25) is 0 Å². The molecule has 1 fully saturated rings. The molecule has 0 heterocycles. The SMILES string of the molecule is O=C(O)C1(c2ccc(C(F)F)cc2)CCCCC1. The lowest BCUT2D eigenvalue weighted by Crippen LogP contribution is -2.37. The normalized spacial score (nSPS) is 18.8. The zero-order chi connectivity index (χ0) is 13.2. The third kappa shape index (κ3) is 2.24. The minimum Gasteiger partial charge on any atom is -0.481 e. The molecular weight excluding hydrogens is 238 g/mol. The number of aliphatic carboxylic acids is 1. The van der Waals surface area contributed by atoms with Crippen molar-refractivity contribution in [3.8, 4) is 0 Å². The molecule has 1 aliphatic carbocycles. The van der Waals surface area contributed by atoms with E-state index in [-0.39, 0.29) is 5.56 Å². The average Bonchev–Trinajstić information content (AvgIpc) is 2.39. The Labute approximate surface area is 105 Å². The number of carbonyl (C=O) groups is 1. The largest absolute Gasteiger partial charge is 0.481 e. The average molecular weight is 254 g/mol. The van der Waals surface area contributed by atoms with E-state index in [0.29, 0.717) is 18.4 Å². The molecule has 1 aliphatic rings. The standard InChI is InChI=1S/C14H16F2O2/c15-12(16)10-4-6-11(7-5-10)14(13(17)18)8-2-1-3-9-14/h4-7,12H,1-3,8-9H2,(H,17,18). The number of benzene rings is 1. The van der Waals surface area contributed by atoms with Gasteiger partial charge in [-0.25, -0.2) is 8.78 Å². The van der Waals surface area contributed by atoms with E-state index < -0.39 is 17.8 Å². The maximum Gasteiger partial charge on any atom is 0.314 e. The molecule has 0 bridgehead atoms. The number of carboxylic acids is 1. The van der Waals surface area contributed by atoms with Crippen molar-refractivity contribution in [1.29, 1.82) is 0 Å². The summed E-state index contributed by atoms with van der Waals surface area (Å²) in [7, 11) is 0. The number of carboxylic acid groups (broad SMARTS) is 1.